The van der Waals surface area contributed by atoms with Gasteiger partial charge in [0.15, 0.2) is 0 Å². The molecular formula is C19H37N5. The van der Waals surface area contributed by atoms with Crippen molar-refractivity contribution in [1.29, 1.82) is 0 Å². The van der Waals surface area contributed by atoms with Crippen molar-refractivity contribution in [3.8, 4) is 0 Å². The summed E-state index contributed by atoms with van der Waals surface area (Å²) in [5, 5.41) is 6.55. The second kappa shape index (κ2) is 13.0. The Morgan fingerprint density at radius 3 is 1.88 bits per heavy atom. The van der Waals surface area contributed by atoms with E-state index in [1.54, 1.807) is 0 Å². The Bertz CT molecular complexity index is 434. The molecule has 0 saturated heterocycles. The number of anilines is 2. The fourth-order valence-corrected chi connectivity index (χ4v) is 2.70. The van der Waals surface area contributed by atoms with Crippen molar-refractivity contribution >= 4 is 11.9 Å². The van der Waals surface area contributed by atoms with Gasteiger partial charge in [-0.1, -0.05) is 64.7 Å². The summed E-state index contributed by atoms with van der Waals surface area (Å²) in [6.45, 7) is 9.26. The van der Waals surface area contributed by atoms with Crippen molar-refractivity contribution in [3.63, 3.8) is 0 Å². The molecule has 0 aliphatic heterocycles. The molecule has 138 valence electrons. The first-order valence-electron chi connectivity index (χ1n) is 9.85. The summed E-state index contributed by atoms with van der Waals surface area (Å²) in [6, 6.07) is 0.321. The average Bonchev–Trinajstić information content (AvgIpc) is 2.51. The van der Waals surface area contributed by atoms with Gasteiger partial charge in [-0.05, 0) is 27.2 Å². The summed E-state index contributed by atoms with van der Waals surface area (Å²) in [7, 11) is 0. The molecule has 1 aromatic rings. The van der Waals surface area contributed by atoms with Crippen LogP contribution in [0.4, 0.5) is 11.9 Å². The van der Waals surface area contributed by atoms with Crippen molar-refractivity contribution < 1.29 is 0 Å². The lowest BCUT2D eigenvalue weighted by molar-refractivity contribution is 0.559. The fourth-order valence-electron chi connectivity index (χ4n) is 2.70. The van der Waals surface area contributed by atoms with Crippen molar-refractivity contribution in [2.45, 2.75) is 97.9 Å². The molecule has 2 N–H and O–H groups in total. The first-order valence-corrected chi connectivity index (χ1v) is 9.85. The minimum atomic E-state index is 0.321. The summed E-state index contributed by atoms with van der Waals surface area (Å²) in [6.07, 6.45) is 13.5. The lowest BCUT2D eigenvalue weighted by Gasteiger charge is -2.10. The molecule has 1 heterocycles. The molecule has 0 spiro atoms. The summed E-state index contributed by atoms with van der Waals surface area (Å²) in [5.41, 5.74) is 0. The number of aryl methyl sites for hydroxylation is 1. The average molecular weight is 336 g/mol. The predicted octanol–water partition coefficient (Wildman–Crippen LogP) is 5.33. The highest BCUT2D eigenvalue weighted by atomic mass is 15.2. The molecule has 0 aliphatic carbocycles. The van der Waals surface area contributed by atoms with Gasteiger partial charge in [0.2, 0.25) is 11.9 Å². The van der Waals surface area contributed by atoms with Crippen molar-refractivity contribution in [2.24, 2.45) is 0 Å². The second-order valence-electron chi connectivity index (χ2n) is 6.94. The summed E-state index contributed by atoms with van der Waals surface area (Å²) < 4.78 is 0. The van der Waals surface area contributed by atoms with Crippen LogP contribution in [0.5, 0.6) is 0 Å². The molecule has 0 unspecified atom stereocenters. The predicted molar refractivity (Wildman–Crippen MR) is 104 cm³/mol. The van der Waals surface area contributed by atoms with Gasteiger partial charge in [-0.2, -0.15) is 15.0 Å². The summed E-state index contributed by atoms with van der Waals surface area (Å²) in [4.78, 5) is 13.1. The number of hydrogen-bond donors (Lipinski definition) is 2. The zero-order valence-corrected chi connectivity index (χ0v) is 16.2. The quantitative estimate of drug-likeness (QED) is 0.450. The van der Waals surface area contributed by atoms with E-state index in [0.717, 1.165) is 12.4 Å². The summed E-state index contributed by atoms with van der Waals surface area (Å²) >= 11 is 0. The van der Waals surface area contributed by atoms with Gasteiger partial charge in [0.1, 0.15) is 5.82 Å². The second-order valence-corrected chi connectivity index (χ2v) is 6.94. The highest BCUT2D eigenvalue weighted by molar-refractivity contribution is 5.34. The molecule has 0 bridgehead atoms. The van der Waals surface area contributed by atoms with E-state index in [2.05, 4.69) is 46.4 Å². The first kappa shape index (κ1) is 20.7. The number of nitrogens with one attached hydrogen (secondary N) is 2. The molecule has 24 heavy (non-hydrogen) atoms. The van der Waals surface area contributed by atoms with Crippen LogP contribution in [0, 0.1) is 6.92 Å². The molecule has 0 atom stereocenters. The number of aromatic nitrogens is 3. The standard InChI is InChI=1S/C19H37N5/c1-5-6-7-8-9-10-11-12-13-14-15-20-18-22-17(4)23-19(24-18)21-16(2)3/h16H,5-15H2,1-4H3,(H2,20,21,22,23,24). The van der Waals surface area contributed by atoms with Crippen molar-refractivity contribution in [2.75, 3.05) is 17.2 Å². The minimum absolute atomic E-state index is 0.321. The van der Waals surface area contributed by atoms with Gasteiger partial charge < -0.3 is 10.6 Å². The van der Waals surface area contributed by atoms with Crippen LogP contribution in [0.25, 0.3) is 0 Å². The van der Waals surface area contributed by atoms with Crippen molar-refractivity contribution in [3.05, 3.63) is 5.82 Å². The number of rotatable bonds is 14. The molecule has 1 rings (SSSR count). The molecule has 5 nitrogen and oxygen atoms in total. The van der Waals surface area contributed by atoms with Gasteiger partial charge in [0.25, 0.3) is 0 Å². The van der Waals surface area contributed by atoms with E-state index in [1.165, 1.54) is 64.2 Å². The highest BCUT2D eigenvalue weighted by Crippen LogP contribution is 2.11. The molecule has 0 amide bonds. The smallest absolute Gasteiger partial charge is 0.227 e. The highest BCUT2D eigenvalue weighted by Gasteiger charge is 2.04. The van der Waals surface area contributed by atoms with E-state index in [-0.39, 0.29) is 0 Å². The van der Waals surface area contributed by atoms with E-state index in [1.807, 2.05) is 6.92 Å². The van der Waals surface area contributed by atoms with Crippen LogP contribution < -0.4 is 10.6 Å². The van der Waals surface area contributed by atoms with Gasteiger partial charge in [-0.25, -0.2) is 0 Å². The van der Waals surface area contributed by atoms with Crippen LogP contribution in [0.3, 0.4) is 0 Å². The number of nitrogens with zero attached hydrogens (tertiary/aromatic N) is 3. The monoisotopic (exact) mass is 335 g/mol. The Labute approximate surface area is 148 Å². The van der Waals surface area contributed by atoms with E-state index in [0.29, 0.717) is 17.9 Å². The maximum absolute atomic E-state index is 4.41. The molecule has 0 aliphatic rings. The van der Waals surface area contributed by atoms with Crippen molar-refractivity contribution in [1.82, 2.24) is 15.0 Å². The van der Waals surface area contributed by atoms with Gasteiger partial charge in [0.05, 0.1) is 0 Å². The number of unbranched alkanes of at least 4 members (excludes halogenated alkanes) is 9. The van der Waals surface area contributed by atoms with E-state index >= 15 is 0 Å². The topological polar surface area (TPSA) is 62.7 Å². The van der Waals surface area contributed by atoms with Gasteiger partial charge in [-0.15, -0.1) is 0 Å². The van der Waals surface area contributed by atoms with Crippen LogP contribution in [0.2, 0.25) is 0 Å². The normalized spacial score (nSPS) is 11.0. The van der Waals surface area contributed by atoms with E-state index in [9.17, 15) is 0 Å². The van der Waals surface area contributed by atoms with E-state index < -0.39 is 0 Å². The molecule has 1 aromatic heterocycles. The molecule has 0 radical (unpaired) electrons. The lowest BCUT2D eigenvalue weighted by atomic mass is 10.1. The SMILES string of the molecule is CCCCCCCCCCCCNc1nc(C)nc(NC(C)C)n1. The third kappa shape index (κ3) is 10.4. The maximum Gasteiger partial charge on any atom is 0.227 e. The largest absolute Gasteiger partial charge is 0.354 e. The molecule has 0 aromatic carbocycles. The van der Waals surface area contributed by atoms with Crippen LogP contribution in [0.1, 0.15) is 90.8 Å². The zero-order chi connectivity index (χ0) is 17.6. The molecular weight excluding hydrogens is 298 g/mol. The van der Waals surface area contributed by atoms with Crippen LogP contribution in [-0.4, -0.2) is 27.5 Å². The Hall–Kier alpha value is -1.39. The van der Waals surface area contributed by atoms with Gasteiger partial charge in [0, 0.05) is 12.6 Å². The zero-order valence-electron chi connectivity index (χ0n) is 16.2. The van der Waals surface area contributed by atoms with Crippen LogP contribution in [-0.2, 0) is 0 Å². The Morgan fingerprint density at radius 2 is 1.29 bits per heavy atom. The molecule has 5 heteroatoms. The fraction of sp³-hybridized carbons (Fsp3) is 0.842. The minimum Gasteiger partial charge on any atom is -0.354 e. The number of hydrogen-bond acceptors (Lipinski definition) is 5. The Kier molecular flexibility index (Phi) is 11.2. The van der Waals surface area contributed by atoms with Gasteiger partial charge in [-0.3, -0.25) is 0 Å². The third-order valence-corrected chi connectivity index (χ3v) is 3.98. The van der Waals surface area contributed by atoms with Gasteiger partial charge >= 0.3 is 0 Å². The Balaban J connectivity index is 2.07. The van der Waals surface area contributed by atoms with Crippen LogP contribution >= 0.6 is 0 Å². The third-order valence-electron chi connectivity index (χ3n) is 3.98. The summed E-state index contributed by atoms with van der Waals surface area (Å²) in [5.74, 6) is 2.09. The molecule has 0 saturated carbocycles. The molecule has 0 fully saturated rings. The van der Waals surface area contributed by atoms with Crippen LogP contribution in [0.15, 0.2) is 0 Å². The first-order chi connectivity index (χ1) is 11.6. The van der Waals surface area contributed by atoms with E-state index in [4.69, 9.17) is 0 Å². The lowest BCUT2D eigenvalue weighted by Crippen LogP contribution is -2.15. The maximum atomic E-state index is 4.41. The Morgan fingerprint density at radius 1 is 0.750 bits per heavy atom.